The Hall–Kier alpha value is -4.98. The van der Waals surface area contributed by atoms with Gasteiger partial charge < -0.3 is 14.7 Å². The second kappa shape index (κ2) is 14.3. The number of pyridine rings is 2. The second-order valence-corrected chi connectivity index (χ2v) is 13.4. The molecule has 248 valence electrons. The number of aryl methyl sites for hydroxylation is 5. The van der Waals surface area contributed by atoms with E-state index in [0.717, 1.165) is 28.2 Å². The minimum atomic E-state index is -0.0235. The van der Waals surface area contributed by atoms with E-state index in [1.807, 2.05) is 49.4 Å². The zero-order valence-corrected chi connectivity index (χ0v) is 31.7. The fourth-order valence-corrected chi connectivity index (χ4v) is 7.91. The van der Waals surface area contributed by atoms with E-state index in [1.54, 1.807) is 6.20 Å². The first kappa shape index (κ1) is 34.5. The average molecular weight is 837 g/mol. The first-order chi connectivity index (χ1) is 24.4. The zero-order chi connectivity index (χ0) is 34.4. The molecule has 8 rings (SSSR count). The van der Waals surface area contributed by atoms with Crippen LogP contribution in [0, 0.1) is 46.8 Å². The van der Waals surface area contributed by atoms with Crippen LogP contribution in [-0.2, 0) is 21.1 Å². The first-order valence-corrected chi connectivity index (χ1v) is 17.2. The van der Waals surface area contributed by atoms with Crippen LogP contribution in [0.1, 0.15) is 27.9 Å². The summed E-state index contributed by atoms with van der Waals surface area (Å²) >= 11 is 0. The van der Waals surface area contributed by atoms with Crippen LogP contribution in [0.4, 0.5) is 0 Å². The van der Waals surface area contributed by atoms with Crippen LogP contribution >= 0.6 is 0 Å². The summed E-state index contributed by atoms with van der Waals surface area (Å²) in [6, 6.07) is 49.8. The van der Waals surface area contributed by atoms with Gasteiger partial charge in [-0.05, 0) is 58.1 Å². The van der Waals surface area contributed by atoms with Crippen LogP contribution in [0.15, 0.2) is 128 Å². The van der Waals surface area contributed by atoms with Crippen molar-refractivity contribution in [1.29, 1.82) is 0 Å². The number of hydrogen-bond acceptors (Lipinski definition) is 3. The molecular weight excluding hydrogens is 801 g/mol. The third kappa shape index (κ3) is 6.41. The minimum absolute atomic E-state index is 0. The molecule has 6 heteroatoms. The van der Waals surface area contributed by atoms with E-state index >= 15 is 0 Å². The fourth-order valence-electron chi connectivity index (χ4n) is 7.91. The Bertz CT molecular complexity index is 2350. The monoisotopic (exact) mass is 837 g/mol. The summed E-state index contributed by atoms with van der Waals surface area (Å²) in [4.78, 5) is 9.66. The van der Waals surface area contributed by atoms with Crippen molar-refractivity contribution in [3.63, 3.8) is 0 Å². The van der Waals surface area contributed by atoms with Gasteiger partial charge in [-0.1, -0.05) is 141 Å². The molecule has 3 nitrogen and oxygen atoms in total. The number of rotatable bonds is 6. The van der Waals surface area contributed by atoms with Crippen molar-refractivity contribution in [3.05, 3.63) is 168 Å². The Morgan fingerprint density at radius 3 is 1.75 bits per heavy atom. The van der Waals surface area contributed by atoms with Crippen LogP contribution in [0.2, 0.25) is 0 Å². The molecule has 0 unspecified atom stereocenters. The summed E-state index contributed by atoms with van der Waals surface area (Å²) in [6.07, 6.45) is 1.80. The standard InChI is InChI=1S/C45H36B2N2O.Pt/c1-29-14-10-15-30(2)43(29)46-38-21-6-7-22-39(38)47(44-31(3)16-11-17-32(44)4)45-37(42-24-12-18-33(5)49-42)27-36(28-40(45)46)50-35-20-13-19-34(26-35)41-23-8-9-25-48-41;/h6-25,28H,1-5H3;/q-2;+2. The maximum Gasteiger partial charge on any atom is 2.00 e. The van der Waals surface area contributed by atoms with Crippen LogP contribution < -0.4 is 37.5 Å². The molecule has 1 aliphatic heterocycles. The molecule has 1 aliphatic rings. The number of benzene rings is 5. The Kier molecular flexibility index (Phi) is 9.68. The van der Waals surface area contributed by atoms with Crippen molar-refractivity contribution in [3.8, 4) is 34.0 Å². The van der Waals surface area contributed by atoms with Crippen molar-refractivity contribution < 1.29 is 25.8 Å². The fraction of sp³-hybridized carbons (Fsp3) is 0.111. The van der Waals surface area contributed by atoms with Crippen molar-refractivity contribution in [2.24, 2.45) is 0 Å². The Balaban J connectivity index is 0.00000406. The van der Waals surface area contributed by atoms with Gasteiger partial charge in [-0.2, -0.15) is 5.46 Å². The quantitative estimate of drug-likeness (QED) is 0.151. The molecule has 0 saturated heterocycles. The maximum atomic E-state index is 6.75. The van der Waals surface area contributed by atoms with Crippen molar-refractivity contribution in [1.82, 2.24) is 9.97 Å². The minimum Gasteiger partial charge on any atom is -0.497 e. The molecule has 2 aromatic heterocycles. The smallest absolute Gasteiger partial charge is 0.497 e. The van der Waals surface area contributed by atoms with Crippen molar-refractivity contribution in [2.45, 2.75) is 34.6 Å². The van der Waals surface area contributed by atoms with Gasteiger partial charge in [0.2, 0.25) is 6.71 Å². The normalized spacial score (nSPS) is 11.8. The average Bonchev–Trinajstić information content (AvgIpc) is 3.12. The van der Waals surface area contributed by atoms with E-state index in [2.05, 4.69) is 124 Å². The van der Waals surface area contributed by atoms with Gasteiger partial charge in [0, 0.05) is 23.4 Å². The molecule has 0 N–H and O–H groups in total. The summed E-state index contributed by atoms with van der Waals surface area (Å²) in [5, 5.41) is 0. The molecule has 51 heavy (non-hydrogen) atoms. The summed E-state index contributed by atoms with van der Waals surface area (Å²) in [7, 11) is 0. The number of hydrogen-bond donors (Lipinski definition) is 0. The second-order valence-electron chi connectivity index (χ2n) is 13.4. The maximum absolute atomic E-state index is 6.75. The molecule has 7 aromatic rings. The van der Waals surface area contributed by atoms with Gasteiger partial charge in [-0.25, -0.2) is 0 Å². The predicted octanol–water partition coefficient (Wildman–Crippen LogP) is 6.09. The molecule has 0 amide bonds. The van der Waals surface area contributed by atoms with Crippen LogP contribution in [0.25, 0.3) is 22.5 Å². The first-order valence-electron chi connectivity index (χ1n) is 17.2. The van der Waals surface area contributed by atoms with E-state index in [4.69, 9.17) is 9.72 Å². The Labute approximate surface area is 316 Å². The Morgan fingerprint density at radius 2 is 1.10 bits per heavy atom. The van der Waals surface area contributed by atoms with Gasteiger partial charge in [-0.15, -0.1) is 40.9 Å². The van der Waals surface area contributed by atoms with E-state index in [-0.39, 0.29) is 34.5 Å². The van der Waals surface area contributed by atoms with Gasteiger partial charge in [-0.3, -0.25) is 0 Å². The van der Waals surface area contributed by atoms with E-state index in [1.165, 1.54) is 55.0 Å². The Morgan fingerprint density at radius 1 is 0.510 bits per heavy atom. The van der Waals surface area contributed by atoms with Crippen LogP contribution in [0.5, 0.6) is 11.5 Å². The molecule has 0 radical (unpaired) electrons. The number of fused-ring (bicyclic) bond motifs is 2. The molecule has 3 heterocycles. The van der Waals surface area contributed by atoms with Gasteiger partial charge in [0.1, 0.15) is 0 Å². The van der Waals surface area contributed by atoms with Gasteiger partial charge in [0.25, 0.3) is 0 Å². The third-order valence-corrected chi connectivity index (χ3v) is 10.1. The van der Waals surface area contributed by atoms with Gasteiger partial charge >= 0.3 is 21.1 Å². The largest absolute Gasteiger partial charge is 2.00 e. The van der Waals surface area contributed by atoms with E-state index in [9.17, 15) is 0 Å². The molecule has 0 aliphatic carbocycles. The van der Waals surface area contributed by atoms with Crippen molar-refractivity contribution in [2.75, 3.05) is 0 Å². The topological polar surface area (TPSA) is 35.0 Å². The molecule has 0 spiro atoms. The van der Waals surface area contributed by atoms with Gasteiger partial charge in [0.05, 0.1) is 0 Å². The third-order valence-electron chi connectivity index (χ3n) is 10.1. The molecule has 0 saturated carbocycles. The van der Waals surface area contributed by atoms with Crippen LogP contribution in [-0.4, -0.2) is 23.4 Å². The molecule has 0 bridgehead atoms. The van der Waals surface area contributed by atoms with E-state index in [0.29, 0.717) is 11.5 Å². The van der Waals surface area contributed by atoms with Crippen molar-refractivity contribution >= 4 is 46.2 Å². The van der Waals surface area contributed by atoms with Gasteiger partial charge in [0.15, 0.2) is 6.71 Å². The molecule has 5 aromatic carbocycles. The SMILES string of the molecule is Cc1cccc(-c2[c-]c(Oc3[c-]c(-c4ccccn4)ccc3)cc3c2B(c2c(C)cccc2C)c2ccccc2B3c2c(C)cccc2C)n1.[Pt+2]. The van der Waals surface area contributed by atoms with E-state index < -0.39 is 0 Å². The van der Waals surface area contributed by atoms with Crippen LogP contribution in [0.3, 0.4) is 0 Å². The zero-order valence-electron chi connectivity index (χ0n) is 29.4. The molecule has 0 fully saturated rings. The predicted molar refractivity (Wildman–Crippen MR) is 209 cm³/mol. The summed E-state index contributed by atoms with van der Waals surface area (Å²) in [6.45, 7) is 10.9. The number of nitrogens with zero attached hydrogens (tertiary/aromatic N) is 2. The number of ether oxygens (including phenoxy) is 1. The molecule has 0 atom stereocenters. The summed E-state index contributed by atoms with van der Waals surface area (Å²) < 4.78 is 6.75. The summed E-state index contributed by atoms with van der Waals surface area (Å²) in [5.41, 5.74) is 17.3. The molecular formula is C45H36B2N2OPt. The number of aromatic nitrogens is 2. The summed E-state index contributed by atoms with van der Waals surface area (Å²) in [5.74, 6) is 1.24.